The molecule has 7 heteroatoms. The lowest BCUT2D eigenvalue weighted by atomic mass is 10.1. The fraction of sp³-hybridized carbons (Fsp3) is 0.174. The SMILES string of the molecule is C[C@H](Nc1nccc(-c2cccc3c2OCC3)n1)c1cc2cc(Cl)ccc2[nH]c1=O. The topological polar surface area (TPSA) is 79.9 Å². The monoisotopic (exact) mass is 418 g/mol. The van der Waals surface area contributed by atoms with Gasteiger partial charge in [-0.05, 0) is 48.9 Å². The lowest BCUT2D eigenvalue weighted by molar-refractivity contribution is 0.358. The normalized spacial score (nSPS) is 13.7. The quantitative estimate of drug-likeness (QED) is 0.500. The van der Waals surface area contributed by atoms with E-state index in [0.29, 0.717) is 23.1 Å². The Hall–Kier alpha value is -3.38. The molecule has 0 saturated heterocycles. The Morgan fingerprint density at radius 1 is 1.20 bits per heavy atom. The van der Waals surface area contributed by atoms with Crippen molar-refractivity contribution in [2.45, 2.75) is 19.4 Å². The molecule has 1 aliphatic heterocycles. The molecule has 4 aromatic rings. The zero-order valence-corrected chi connectivity index (χ0v) is 17.0. The summed E-state index contributed by atoms with van der Waals surface area (Å²) in [6, 6.07) is 14.9. The van der Waals surface area contributed by atoms with Crippen LogP contribution in [0.3, 0.4) is 0 Å². The first-order valence-corrected chi connectivity index (χ1v) is 10.1. The second kappa shape index (κ2) is 7.46. The minimum absolute atomic E-state index is 0.157. The zero-order chi connectivity index (χ0) is 20.7. The van der Waals surface area contributed by atoms with Crippen LogP contribution in [0.25, 0.3) is 22.2 Å². The third-order valence-corrected chi connectivity index (χ3v) is 5.53. The van der Waals surface area contributed by atoms with Crippen LogP contribution in [0.1, 0.15) is 24.1 Å². The molecule has 0 fully saturated rings. The van der Waals surface area contributed by atoms with E-state index in [1.807, 2.05) is 37.3 Å². The summed E-state index contributed by atoms with van der Waals surface area (Å²) >= 11 is 6.10. The average molecular weight is 419 g/mol. The second-order valence-corrected chi connectivity index (χ2v) is 7.75. The van der Waals surface area contributed by atoms with Crippen molar-refractivity contribution in [3.63, 3.8) is 0 Å². The zero-order valence-electron chi connectivity index (χ0n) is 16.3. The Balaban J connectivity index is 1.46. The number of halogens is 1. The number of rotatable bonds is 4. The molecular weight excluding hydrogens is 400 g/mol. The van der Waals surface area contributed by atoms with E-state index < -0.39 is 0 Å². The molecule has 0 bridgehead atoms. The van der Waals surface area contributed by atoms with Crippen LogP contribution < -0.4 is 15.6 Å². The second-order valence-electron chi connectivity index (χ2n) is 7.31. The van der Waals surface area contributed by atoms with Crippen molar-refractivity contribution in [2.24, 2.45) is 0 Å². The summed E-state index contributed by atoms with van der Waals surface area (Å²) in [5, 5.41) is 4.73. The summed E-state index contributed by atoms with van der Waals surface area (Å²) in [5.41, 5.74) is 4.09. The Morgan fingerprint density at radius 3 is 3.00 bits per heavy atom. The molecule has 0 radical (unpaired) electrons. The number of hydrogen-bond donors (Lipinski definition) is 2. The molecule has 30 heavy (non-hydrogen) atoms. The van der Waals surface area contributed by atoms with Gasteiger partial charge in [0.25, 0.3) is 5.56 Å². The number of nitrogens with one attached hydrogen (secondary N) is 2. The number of benzene rings is 2. The van der Waals surface area contributed by atoms with Crippen molar-refractivity contribution in [2.75, 3.05) is 11.9 Å². The van der Waals surface area contributed by atoms with Gasteiger partial charge in [0.05, 0.1) is 18.3 Å². The molecule has 2 aromatic carbocycles. The third-order valence-electron chi connectivity index (χ3n) is 5.29. The number of hydrogen-bond acceptors (Lipinski definition) is 5. The van der Waals surface area contributed by atoms with Crippen LogP contribution in [0, 0.1) is 0 Å². The molecule has 0 saturated carbocycles. The Bertz CT molecular complexity index is 1320. The van der Waals surface area contributed by atoms with Crippen LogP contribution in [-0.2, 0) is 6.42 Å². The van der Waals surface area contributed by atoms with E-state index in [9.17, 15) is 4.79 Å². The number of para-hydroxylation sites is 1. The van der Waals surface area contributed by atoms with Crippen molar-refractivity contribution in [3.8, 4) is 17.0 Å². The summed E-state index contributed by atoms with van der Waals surface area (Å²) < 4.78 is 5.80. The molecule has 2 aromatic heterocycles. The van der Waals surface area contributed by atoms with Crippen molar-refractivity contribution >= 4 is 28.5 Å². The minimum atomic E-state index is -0.301. The highest BCUT2D eigenvalue weighted by molar-refractivity contribution is 6.31. The van der Waals surface area contributed by atoms with Crippen LogP contribution in [0.15, 0.2) is 59.5 Å². The Kier molecular flexibility index (Phi) is 4.64. The van der Waals surface area contributed by atoms with Gasteiger partial charge in [-0.1, -0.05) is 23.7 Å². The average Bonchev–Trinajstić information content (AvgIpc) is 3.22. The molecule has 150 valence electrons. The van der Waals surface area contributed by atoms with Gasteiger partial charge in [-0.15, -0.1) is 0 Å². The van der Waals surface area contributed by atoms with E-state index in [2.05, 4.69) is 26.3 Å². The van der Waals surface area contributed by atoms with E-state index in [1.54, 1.807) is 18.3 Å². The number of H-pyrrole nitrogens is 1. The highest BCUT2D eigenvalue weighted by atomic mass is 35.5. The van der Waals surface area contributed by atoms with Crippen molar-refractivity contribution < 1.29 is 4.74 Å². The van der Waals surface area contributed by atoms with Gasteiger partial charge >= 0.3 is 0 Å². The predicted octanol–water partition coefficient (Wildman–Crippen LogP) is 4.75. The summed E-state index contributed by atoms with van der Waals surface area (Å²) in [5.74, 6) is 1.33. The molecule has 0 unspecified atom stereocenters. The largest absolute Gasteiger partial charge is 0.492 e. The smallest absolute Gasteiger partial charge is 0.253 e. The maximum absolute atomic E-state index is 12.6. The van der Waals surface area contributed by atoms with Crippen LogP contribution in [0.2, 0.25) is 5.02 Å². The predicted molar refractivity (Wildman–Crippen MR) is 118 cm³/mol. The van der Waals surface area contributed by atoms with Crippen molar-refractivity contribution in [3.05, 3.63) is 81.2 Å². The first-order valence-electron chi connectivity index (χ1n) is 9.75. The summed E-state index contributed by atoms with van der Waals surface area (Å²) in [6.07, 6.45) is 2.61. The van der Waals surface area contributed by atoms with Crippen LogP contribution in [0.4, 0.5) is 5.95 Å². The number of nitrogens with zero attached hydrogens (tertiary/aromatic N) is 2. The van der Waals surface area contributed by atoms with Crippen molar-refractivity contribution in [1.29, 1.82) is 0 Å². The van der Waals surface area contributed by atoms with Gasteiger partial charge in [0.15, 0.2) is 0 Å². The summed E-state index contributed by atoms with van der Waals surface area (Å²) in [4.78, 5) is 24.5. The van der Waals surface area contributed by atoms with Crippen LogP contribution in [-0.4, -0.2) is 21.6 Å². The maximum atomic E-state index is 12.6. The number of anilines is 1. The van der Waals surface area contributed by atoms with Crippen LogP contribution in [0.5, 0.6) is 5.75 Å². The molecule has 0 spiro atoms. The lowest BCUT2D eigenvalue weighted by Gasteiger charge is -2.15. The number of aromatic amines is 1. The number of pyridine rings is 1. The van der Waals surface area contributed by atoms with Gasteiger partial charge in [0.2, 0.25) is 5.95 Å². The fourth-order valence-corrected chi connectivity index (χ4v) is 3.96. The molecule has 0 amide bonds. The van der Waals surface area contributed by atoms with Crippen molar-refractivity contribution in [1.82, 2.24) is 15.0 Å². The highest BCUT2D eigenvalue weighted by Crippen LogP contribution is 2.36. The highest BCUT2D eigenvalue weighted by Gasteiger charge is 2.19. The molecular formula is C23H19ClN4O2. The Morgan fingerprint density at radius 2 is 2.10 bits per heavy atom. The van der Waals surface area contributed by atoms with Crippen LogP contribution >= 0.6 is 11.6 Å². The number of ether oxygens (including phenoxy) is 1. The summed E-state index contributed by atoms with van der Waals surface area (Å²) in [7, 11) is 0. The molecule has 0 aliphatic carbocycles. The first-order chi connectivity index (χ1) is 14.6. The van der Waals surface area contributed by atoms with E-state index in [-0.39, 0.29) is 11.6 Å². The molecule has 2 N–H and O–H groups in total. The fourth-order valence-electron chi connectivity index (χ4n) is 3.78. The minimum Gasteiger partial charge on any atom is -0.492 e. The molecule has 3 heterocycles. The van der Waals surface area contributed by atoms with E-state index in [4.69, 9.17) is 16.3 Å². The van der Waals surface area contributed by atoms with E-state index in [0.717, 1.165) is 34.3 Å². The van der Waals surface area contributed by atoms with Gasteiger partial charge in [-0.3, -0.25) is 4.79 Å². The number of aromatic nitrogens is 3. The summed E-state index contributed by atoms with van der Waals surface area (Å²) in [6.45, 7) is 2.59. The molecule has 1 atom stereocenters. The molecule has 6 nitrogen and oxygen atoms in total. The standard InChI is InChI=1S/C23H19ClN4O2/c1-13(18-12-15-11-16(24)5-6-19(15)27-22(18)29)26-23-25-9-7-20(28-23)17-4-2-3-14-8-10-30-21(14)17/h2-7,9,11-13H,8,10H2,1H3,(H,27,29)(H,25,26,28)/t13-/m0/s1. The molecule has 1 aliphatic rings. The molecule has 5 rings (SSSR count). The first kappa shape index (κ1) is 18.6. The Labute approximate surface area is 177 Å². The number of fused-ring (bicyclic) bond motifs is 2. The van der Waals surface area contributed by atoms with Gasteiger partial charge in [-0.2, -0.15) is 0 Å². The lowest BCUT2D eigenvalue weighted by Crippen LogP contribution is -2.20. The third kappa shape index (κ3) is 3.39. The van der Waals surface area contributed by atoms with E-state index in [1.165, 1.54) is 5.56 Å². The van der Waals surface area contributed by atoms with Gasteiger partial charge in [-0.25, -0.2) is 9.97 Å². The van der Waals surface area contributed by atoms with Gasteiger partial charge < -0.3 is 15.0 Å². The van der Waals surface area contributed by atoms with E-state index >= 15 is 0 Å². The maximum Gasteiger partial charge on any atom is 0.253 e. The van der Waals surface area contributed by atoms with Gasteiger partial charge in [0, 0.05) is 39.7 Å². The van der Waals surface area contributed by atoms with Gasteiger partial charge in [0.1, 0.15) is 5.75 Å².